The maximum atomic E-state index is 10.0. The van der Waals surface area contributed by atoms with Crippen molar-refractivity contribution in [3.05, 3.63) is 42.2 Å². The van der Waals surface area contributed by atoms with Crippen LogP contribution in [0.5, 0.6) is 0 Å². The molecule has 0 bridgehead atoms. The van der Waals surface area contributed by atoms with E-state index in [1.165, 1.54) is 0 Å². The number of aliphatic hydroxyl groups excluding tert-OH is 1. The predicted octanol–water partition coefficient (Wildman–Crippen LogP) is 1.55. The molecule has 1 aromatic carbocycles. The smallest absolute Gasteiger partial charge is 0.163 e. The van der Waals surface area contributed by atoms with Crippen LogP contribution in [0.25, 0.3) is 11.3 Å². The number of nitrogens with zero attached hydrogens (tertiary/aromatic N) is 2. The Labute approximate surface area is 135 Å². The topological polar surface area (TPSA) is 68.0 Å². The Morgan fingerprint density at radius 2 is 2.00 bits per heavy atom. The number of hydrogen-bond donors (Lipinski definition) is 1. The average Bonchev–Trinajstić information content (AvgIpc) is 3.05. The van der Waals surface area contributed by atoms with Crippen molar-refractivity contribution in [3.8, 4) is 11.3 Å². The second-order valence-electron chi connectivity index (χ2n) is 5.63. The van der Waals surface area contributed by atoms with Gasteiger partial charge in [0.1, 0.15) is 12.3 Å². The number of morpholine rings is 1. The SMILES string of the molecule is OC(COCc1cc(-c2ccccc2)no1)CN1CCOCC1. The summed E-state index contributed by atoms with van der Waals surface area (Å²) in [6, 6.07) is 11.7. The summed E-state index contributed by atoms with van der Waals surface area (Å²) in [6.45, 7) is 4.37. The Bertz CT molecular complexity index is 581. The van der Waals surface area contributed by atoms with Gasteiger partial charge in [0.2, 0.25) is 0 Å². The highest BCUT2D eigenvalue weighted by atomic mass is 16.5. The summed E-state index contributed by atoms with van der Waals surface area (Å²) in [5.41, 5.74) is 1.80. The molecule has 1 atom stereocenters. The third kappa shape index (κ3) is 4.87. The fraction of sp³-hybridized carbons (Fsp3) is 0.471. The number of β-amino-alcohol motifs (C(OH)–C–C–N with tert-alkyl or cyclic N) is 1. The molecule has 1 N–H and O–H groups in total. The molecule has 1 aliphatic heterocycles. The first-order chi connectivity index (χ1) is 11.3. The molecule has 6 heteroatoms. The molecule has 6 nitrogen and oxygen atoms in total. The number of hydrogen-bond acceptors (Lipinski definition) is 6. The molecule has 1 aromatic heterocycles. The van der Waals surface area contributed by atoms with E-state index in [1.807, 2.05) is 36.4 Å². The minimum atomic E-state index is -0.510. The molecular weight excluding hydrogens is 296 g/mol. The van der Waals surface area contributed by atoms with Gasteiger partial charge in [-0.3, -0.25) is 4.90 Å². The van der Waals surface area contributed by atoms with Gasteiger partial charge in [0, 0.05) is 31.3 Å². The maximum Gasteiger partial charge on any atom is 0.163 e. The second-order valence-corrected chi connectivity index (χ2v) is 5.63. The fourth-order valence-electron chi connectivity index (χ4n) is 2.56. The van der Waals surface area contributed by atoms with E-state index in [2.05, 4.69) is 10.1 Å². The highest BCUT2D eigenvalue weighted by Gasteiger charge is 2.15. The Morgan fingerprint density at radius 3 is 2.78 bits per heavy atom. The summed E-state index contributed by atoms with van der Waals surface area (Å²) >= 11 is 0. The van der Waals surface area contributed by atoms with E-state index < -0.39 is 6.10 Å². The average molecular weight is 318 g/mol. The van der Waals surface area contributed by atoms with Crippen LogP contribution in [-0.2, 0) is 16.1 Å². The second kappa shape index (κ2) is 8.21. The highest BCUT2D eigenvalue weighted by molar-refractivity contribution is 5.58. The molecule has 2 heterocycles. The summed E-state index contributed by atoms with van der Waals surface area (Å²) in [6.07, 6.45) is -0.510. The summed E-state index contributed by atoms with van der Waals surface area (Å²) < 4.78 is 16.1. The van der Waals surface area contributed by atoms with Crippen molar-refractivity contribution in [3.63, 3.8) is 0 Å². The van der Waals surface area contributed by atoms with Crippen LogP contribution in [0.15, 0.2) is 40.9 Å². The van der Waals surface area contributed by atoms with Gasteiger partial charge >= 0.3 is 0 Å². The molecule has 1 unspecified atom stereocenters. The van der Waals surface area contributed by atoms with Crippen LogP contribution in [0.4, 0.5) is 0 Å². The van der Waals surface area contributed by atoms with Gasteiger partial charge in [0.25, 0.3) is 0 Å². The maximum absolute atomic E-state index is 10.0. The Balaban J connectivity index is 1.41. The summed E-state index contributed by atoms with van der Waals surface area (Å²) in [5, 5.41) is 14.0. The lowest BCUT2D eigenvalue weighted by Gasteiger charge is -2.28. The van der Waals surface area contributed by atoms with Gasteiger partial charge in [-0.2, -0.15) is 0 Å². The van der Waals surface area contributed by atoms with Crippen LogP contribution in [0.3, 0.4) is 0 Å². The minimum Gasteiger partial charge on any atom is -0.389 e. The van der Waals surface area contributed by atoms with Crippen LogP contribution in [0.2, 0.25) is 0 Å². The largest absolute Gasteiger partial charge is 0.389 e. The van der Waals surface area contributed by atoms with Crippen molar-refractivity contribution in [2.45, 2.75) is 12.7 Å². The number of benzene rings is 1. The van der Waals surface area contributed by atoms with E-state index in [-0.39, 0.29) is 6.61 Å². The van der Waals surface area contributed by atoms with Crippen LogP contribution < -0.4 is 0 Å². The molecule has 124 valence electrons. The first-order valence-electron chi connectivity index (χ1n) is 7.88. The van der Waals surface area contributed by atoms with Crippen molar-refractivity contribution < 1.29 is 19.1 Å². The summed E-state index contributed by atoms with van der Waals surface area (Å²) in [7, 11) is 0. The quantitative estimate of drug-likeness (QED) is 0.835. The van der Waals surface area contributed by atoms with Crippen molar-refractivity contribution in [1.82, 2.24) is 10.1 Å². The molecule has 3 rings (SSSR count). The molecule has 0 amide bonds. The number of ether oxygens (including phenoxy) is 2. The lowest BCUT2D eigenvalue weighted by atomic mass is 10.1. The first-order valence-corrected chi connectivity index (χ1v) is 7.88. The molecule has 0 spiro atoms. The fourth-order valence-corrected chi connectivity index (χ4v) is 2.56. The molecule has 1 saturated heterocycles. The van der Waals surface area contributed by atoms with E-state index in [9.17, 15) is 5.11 Å². The van der Waals surface area contributed by atoms with Gasteiger partial charge in [0.15, 0.2) is 5.76 Å². The van der Waals surface area contributed by atoms with Gasteiger partial charge in [-0.15, -0.1) is 0 Å². The van der Waals surface area contributed by atoms with Gasteiger partial charge in [-0.1, -0.05) is 35.5 Å². The zero-order valence-electron chi connectivity index (χ0n) is 13.1. The molecular formula is C17H22N2O4. The zero-order chi connectivity index (χ0) is 15.9. The van der Waals surface area contributed by atoms with Crippen molar-refractivity contribution in [2.24, 2.45) is 0 Å². The van der Waals surface area contributed by atoms with Crippen LogP contribution in [0, 0.1) is 0 Å². The zero-order valence-corrected chi connectivity index (χ0v) is 13.1. The summed E-state index contributed by atoms with van der Waals surface area (Å²) in [4.78, 5) is 2.18. The molecule has 23 heavy (non-hydrogen) atoms. The standard InChI is InChI=1S/C17H22N2O4/c20-15(11-19-6-8-21-9-7-19)12-22-13-16-10-17(18-23-16)14-4-2-1-3-5-14/h1-5,10,15,20H,6-9,11-13H2. The monoisotopic (exact) mass is 318 g/mol. The van der Waals surface area contributed by atoms with Crippen LogP contribution in [-0.4, -0.2) is 60.7 Å². The molecule has 1 fully saturated rings. The van der Waals surface area contributed by atoms with E-state index in [4.69, 9.17) is 14.0 Å². The lowest BCUT2D eigenvalue weighted by Crippen LogP contribution is -2.42. The number of rotatable bonds is 7. The third-order valence-corrected chi connectivity index (χ3v) is 3.76. The number of aromatic nitrogens is 1. The van der Waals surface area contributed by atoms with E-state index in [0.717, 1.165) is 37.6 Å². The van der Waals surface area contributed by atoms with Crippen molar-refractivity contribution in [2.75, 3.05) is 39.5 Å². The van der Waals surface area contributed by atoms with E-state index >= 15 is 0 Å². The Morgan fingerprint density at radius 1 is 1.22 bits per heavy atom. The van der Waals surface area contributed by atoms with Crippen LogP contribution in [0.1, 0.15) is 5.76 Å². The normalized spacial score (nSPS) is 17.3. The van der Waals surface area contributed by atoms with E-state index in [0.29, 0.717) is 18.9 Å². The molecule has 1 aliphatic rings. The molecule has 0 aliphatic carbocycles. The van der Waals surface area contributed by atoms with Gasteiger partial charge in [-0.25, -0.2) is 0 Å². The molecule has 0 saturated carbocycles. The lowest BCUT2D eigenvalue weighted by molar-refractivity contribution is -0.0204. The third-order valence-electron chi connectivity index (χ3n) is 3.76. The van der Waals surface area contributed by atoms with E-state index in [1.54, 1.807) is 0 Å². The predicted molar refractivity (Wildman–Crippen MR) is 84.9 cm³/mol. The highest BCUT2D eigenvalue weighted by Crippen LogP contribution is 2.18. The Hall–Kier alpha value is -1.73. The van der Waals surface area contributed by atoms with Gasteiger partial charge in [0.05, 0.1) is 25.9 Å². The first kappa shape index (κ1) is 16.1. The van der Waals surface area contributed by atoms with Crippen molar-refractivity contribution >= 4 is 0 Å². The minimum absolute atomic E-state index is 0.277. The Kier molecular flexibility index (Phi) is 5.76. The van der Waals surface area contributed by atoms with Crippen molar-refractivity contribution in [1.29, 1.82) is 0 Å². The van der Waals surface area contributed by atoms with Gasteiger partial charge < -0.3 is 19.1 Å². The molecule has 2 aromatic rings. The van der Waals surface area contributed by atoms with Gasteiger partial charge in [-0.05, 0) is 0 Å². The molecule has 0 radical (unpaired) electrons. The number of aliphatic hydroxyl groups is 1. The van der Waals surface area contributed by atoms with Crippen LogP contribution >= 0.6 is 0 Å². The summed E-state index contributed by atoms with van der Waals surface area (Å²) in [5.74, 6) is 0.655.